The van der Waals surface area contributed by atoms with Crippen LogP contribution in [0.2, 0.25) is 0 Å². The van der Waals surface area contributed by atoms with Gasteiger partial charge in [-0.25, -0.2) is 8.78 Å². The van der Waals surface area contributed by atoms with Crippen molar-refractivity contribution in [2.24, 2.45) is 0 Å². The molecule has 3 aromatic rings. The molecule has 0 saturated carbocycles. The van der Waals surface area contributed by atoms with Gasteiger partial charge in [-0.2, -0.15) is 0 Å². The first-order chi connectivity index (χ1) is 13.1. The first-order valence-electron chi connectivity index (χ1n) is 9.02. The molecule has 0 saturated heterocycles. The maximum Gasteiger partial charge on any atom is 0.126 e. The van der Waals surface area contributed by atoms with Crippen LogP contribution in [-0.2, 0) is 19.5 Å². The second-order valence-corrected chi connectivity index (χ2v) is 6.69. The van der Waals surface area contributed by atoms with Gasteiger partial charge in [0.2, 0.25) is 0 Å². The van der Waals surface area contributed by atoms with Crippen molar-refractivity contribution in [1.29, 1.82) is 0 Å². The molecule has 0 spiro atoms. The minimum Gasteiger partial charge on any atom is -0.395 e. The normalized spacial score (nSPS) is 12.3. The Bertz CT molecular complexity index is 778. The van der Waals surface area contributed by atoms with Crippen molar-refractivity contribution in [3.63, 3.8) is 0 Å². The van der Waals surface area contributed by atoms with Crippen molar-refractivity contribution in [2.45, 2.75) is 25.6 Å². The molecule has 1 atom stereocenters. The van der Waals surface area contributed by atoms with Gasteiger partial charge in [0.1, 0.15) is 11.6 Å². The van der Waals surface area contributed by atoms with Gasteiger partial charge in [-0.15, -0.1) is 0 Å². The molecule has 3 rings (SSSR count). The highest BCUT2D eigenvalue weighted by Crippen LogP contribution is 2.18. The quantitative estimate of drug-likeness (QED) is 0.630. The number of nitrogens with zero attached hydrogens (tertiary/aromatic N) is 1. The number of hydrogen-bond acceptors (Lipinski definition) is 2. The van der Waals surface area contributed by atoms with E-state index in [0.29, 0.717) is 25.1 Å². The smallest absolute Gasteiger partial charge is 0.126 e. The Kier molecular flexibility index (Phi) is 6.69. The SMILES string of the molecule is OC[C@@H](Cc1cc(F)cc(F)c1)N(Cc1ccccc1)Cc1ccccc1. The van der Waals surface area contributed by atoms with Crippen LogP contribution in [0.4, 0.5) is 8.78 Å². The molecule has 1 N–H and O–H groups in total. The van der Waals surface area contributed by atoms with Crippen molar-refractivity contribution in [2.75, 3.05) is 6.61 Å². The van der Waals surface area contributed by atoms with E-state index >= 15 is 0 Å². The minimum absolute atomic E-state index is 0.0994. The molecule has 0 aliphatic heterocycles. The van der Waals surface area contributed by atoms with Crippen LogP contribution in [0.25, 0.3) is 0 Å². The Morgan fingerprint density at radius 3 is 1.63 bits per heavy atom. The summed E-state index contributed by atoms with van der Waals surface area (Å²) in [7, 11) is 0. The number of hydrogen-bond donors (Lipinski definition) is 1. The third-order valence-corrected chi connectivity index (χ3v) is 4.58. The monoisotopic (exact) mass is 367 g/mol. The Hall–Kier alpha value is -2.56. The Labute approximate surface area is 158 Å². The molecule has 27 heavy (non-hydrogen) atoms. The highest BCUT2D eigenvalue weighted by Gasteiger charge is 2.20. The predicted octanol–water partition coefficient (Wildman–Crippen LogP) is 4.57. The van der Waals surface area contributed by atoms with Gasteiger partial charge in [0.05, 0.1) is 6.61 Å². The average Bonchev–Trinajstić information content (AvgIpc) is 2.66. The summed E-state index contributed by atoms with van der Waals surface area (Å²) in [5.74, 6) is -1.20. The van der Waals surface area contributed by atoms with Crippen molar-refractivity contribution < 1.29 is 13.9 Å². The van der Waals surface area contributed by atoms with Crippen LogP contribution in [-0.4, -0.2) is 22.7 Å². The second-order valence-electron chi connectivity index (χ2n) is 6.69. The summed E-state index contributed by atoms with van der Waals surface area (Å²) in [5, 5.41) is 10.0. The molecule has 0 heterocycles. The first kappa shape index (κ1) is 19.2. The third-order valence-electron chi connectivity index (χ3n) is 4.58. The zero-order chi connectivity index (χ0) is 19.1. The van der Waals surface area contributed by atoms with E-state index in [0.717, 1.165) is 17.2 Å². The lowest BCUT2D eigenvalue weighted by molar-refractivity contribution is 0.109. The summed E-state index contributed by atoms with van der Waals surface area (Å²) in [6.07, 6.45) is 0.366. The molecule has 2 nitrogen and oxygen atoms in total. The van der Waals surface area contributed by atoms with Crippen LogP contribution in [0, 0.1) is 11.6 Å². The Morgan fingerprint density at radius 2 is 1.19 bits per heavy atom. The minimum atomic E-state index is -0.598. The molecule has 0 aromatic heterocycles. The second kappa shape index (κ2) is 9.40. The van der Waals surface area contributed by atoms with Crippen LogP contribution < -0.4 is 0 Å². The van der Waals surface area contributed by atoms with Gasteiger partial charge in [-0.05, 0) is 35.2 Å². The summed E-state index contributed by atoms with van der Waals surface area (Å²) in [6.45, 7) is 1.18. The zero-order valence-electron chi connectivity index (χ0n) is 15.1. The molecular formula is C23H23F2NO. The molecule has 0 amide bonds. The van der Waals surface area contributed by atoms with Crippen LogP contribution in [0.3, 0.4) is 0 Å². The lowest BCUT2D eigenvalue weighted by atomic mass is 10.0. The highest BCUT2D eigenvalue weighted by molar-refractivity contribution is 5.21. The van der Waals surface area contributed by atoms with Gasteiger partial charge >= 0.3 is 0 Å². The topological polar surface area (TPSA) is 23.5 Å². The van der Waals surface area contributed by atoms with Gasteiger partial charge in [0.25, 0.3) is 0 Å². The van der Waals surface area contributed by atoms with E-state index in [9.17, 15) is 13.9 Å². The van der Waals surface area contributed by atoms with Gasteiger partial charge in [-0.1, -0.05) is 60.7 Å². The number of aliphatic hydroxyl groups is 1. The van der Waals surface area contributed by atoms with Crippen LogP contribution in [0.5, 0.6) is 0 Å². The molecule has 0 aliphatic carbocycles. The van der Waals surface area contributed by atoms with Crippen molar-refractivity contribution in [3.05, 3.63) is 107 Å². The molecule has 3 aromatic carbocycles. The highest BCUT2D eigenvalue weighted by atomic mass is 19.1. The van der Waals surface area contributed by atoms with E-state index in [1.807, 2.05) is 60.7 Å². The standard InChI is InChI=1S/C23H23F2NO/c24-21-11-20(12-22(25)14-21)13-23(17-27)26(15-18-7-3-1-4-8-18)16-19-9-5-2-6-10-19/h1-12,14,23,27H,13,15-17H2/t23-/m1/s1. The predicted molar refractivity (Wildman–Crippen MR) is 103 cm³/mol. The molecule has 140 valence electrons. The van der Waals surface area contributed by atoms with Crippen LogP contribution in [0.15, 0.2) is 78.9 Å². The molecule has 0 bridgehead atoms. The molecular weight excluding hydrogens is 344 g/mol. The van der Waals surface area contributed by atoms with E-state index in [2.05, 4.69) is 4.90 Å². The van der Waals surface area contributed by atoms with E-state index in [1.165, 1.54) is 12.1 Å². The lowest BCUT2D eigenvalue weighted by Gasteiger charge is -2.31. The number of benzene rings is 3. The first-order valence-corrected chi connectivity index (χ1v) is 9.02. The Morgan fingerprint density at radius 1 is 0.704 bits per heavy atom. The average molecular weight is 367 g/mol. The fraction of sp³-hybridized carbons (Fsp3) is 0.217. The summed E-state index contributed by atoms with van der Waals surface area (Å²) < 4.78 is 27.1. The number of aliphatic hydroxyl groups excluding tert-OH is 1. The van der Waals surface area contributed by atoms with Gasteiger partial charge in [-0.3, -0.25) is 4.90 Å². The molecule has 0 unspecified atom stereocenters. The fourth-order valence-corrected chi connectivity index (χ4v) is 3.26. The number of rotatable bonds is 8. The number of halogens is 2. The third kappa shape index (κ3) is 5.71. The zero-order valence-corrected chi connectivity index (χ0v) is 15.1. The maximum absolute atomic E-state index is 13.6. The largest absolute Gasteiger partial charge is 0.395 e. The fourth-order valence-electron chi connectivity index (χ4n) is 3.26. The van der Waals surface area contributed by atoms with E-state index in [-0.39, 0.29) is 12.6 Å². The Balaban J connectivity index is 1.83. The maximum atomic E-state index is 13.6. The molecule has 4 heteroatoms. The molecule has 0 radical (unpaired) electrons. The summed E-state index contributed by atoms with van der Waals surface area (Å²) in [6, 6.07) is 23.2. The van der Waals surface area contributed by atoms with Crippen LogP contribution in [0.1, 0.15) is 16.7 Å². The van der Waals surface area contributed by atoms with Crippen molar-refractivity contribution in [1.82, 2.24) is 4.90 Å². The van der Waals surface area contributed by atoms with Gasteiger partial charge in [0, 0.05) is 25.2 Å². The van der Waals surface area contributed by atoms with Crippen molar-refractivity contribution >= 4 is 0 Å². The van der Waals surface area contributed by atoms with E-state index < -0.39 is 11.6 Å². The summed E-state index contributed by atoms with van der Waals surface area (Å²) in [4.78, 5) is 2.15. The molecule has 0 aliphatic rings. The van der Waals surface area contributed by atoms with Crippen LogP contribution >= 0.6 is 0 Å². The van der Waals surface area contributed by atoms with Gasteiger partial charge < -0.3 is 5.11 Å². The van der Waals surface area contributed by atoms with Gasteiger partial charge in [0.15, 0.2) is 0 Å². The van der Waals surface area contributed by atoms with E-state index in [4.69, 9.17) is 0 Å². The lowest BCUT2D eigenvalue weighted by Crippen LogP contribution is -2.38. The van der Waals surface area contributed by atoms with Crippen molar-refractivity contribution in [3.8, 4) is 0 Å². The van der Waals surface area contributed by atoms with E-state index in [1.54, 1.807) is 0 Å². The summed E-state index contributed by atoms with van der Waals surface area (Å²) in [5.41, 5.74) is 2.78. The summed E-state index contributed by atoms with van der Waals surface area (Å²) >= 11 is 0. The molecule has 0 fully saturated rings.